The van der Waals surface area contributed by atoms with Gasteiger partial charge in [0.25, 0.3) is 5.91 Å². The van der Waals surface area contributed by atoms with Crippen molar-refractivity contribution in [1.82, 2.24) is 5.32 Å². The topological polar surface area (TPSA) is 81.4 Å². The van der Waals surface area contributed by atoms with Gasteiger partial charge in [0.15, 0.2) is 0 Å². The quantitative estimate of drug-likeness (QED) is 0.851. The van der Waals surface area contributed by atoms with Crippen LogP contribution in [0.3, 0.4) is 0 Å². The first-order valence-corrected chi connectivity index (χ1v) is 6.21. The van der Waals surface area contributed by atoms with Crippen LogP contribution in [0, 0.1) is 12.8 Å². The Balaban J connectivity index is 2.56. The number of carbonyl (C=O) groups excluding carboxylic acids is 2. The number of hydrogen-bond donors (Lipinski definition) is 2. The molecule has 104 valence electrons. The normalized spacial score (nSPS) is 12.0. The molecule has 0 unspecified atom stereocenters. The maximum Gasteiger partial charge on any atom is 0.404 e. The molecule has 0 saturated heterocycles. The zero-order valence-electron chi connectivity index (χ0n) is 11.5. The molecule has 0 aliphatic carbocycles. The molecule has 0 aliphatic rings. The van der Waals surface area contributed by atoms with E-state index in [1.54, 1.807) is 12.1 Å². The Hall–Kier alpha value is -2.04. The molecule has 0 fully saturated rings. The van der Waals surface area contributed by atoms with Gasteiger partial charge in [-0.25, -0.2) is 4.79 Å². The van der Waals surface area contributed by atoms with Crippen LogP contribution in [0.4, 0.5) is 4.79 Å². The first-order valence-electron chi connectivity index (χ1n) is 6.21. The summed E-state index contributed by atoms with van der Waals surface area (Å²) in [5.41, 5.74) is 6.66. The average Bonchev–Trinajstić information content (AvgIpc) is 2.34. The number of rotatable bonds is 5. The second-order valence-electron chi connectivity index (χ2n) is 4.80. The SMILES string of the molecule is Cc1ccc(C(=O)NC[C@@H](OC(N)=O)C(C)C)cc1. The van der Waals surface area contributed by atoms with E-state index in [2.05, 4.69) is 5.32 Å². The van der Waals surface area contributed by atoms with E-state index in [1.165, 1.54) is 0 Å². The number of ether oxygens (including phenoxy) is 1. The highest BCUT2D eigenvalue weighted by atomic mass is 16.6. The molecule has 3 N–H and O–H groups in total. The molecule has 1 aromatic carbocycles. The van der Waals surface area contributed by atoms with Crippen molar-refractivity contribution < 1.29 is 14.3 Å². The summed E-state index contributed by atoms with van der Waals surface area (Å²) < 4.78 is 4.94. The monoisotopic (exact) mass is 264 g/mol. The van der Waals surface area contributed by atoms with Gasteiger partial charge in [-0.1, -0.05) is 31.5 Å². The molecule has 2 amide bonds. The lowest BCUT2D eigenvalue weighted by Gasteiger charge is -2.20. The summed E-state index contributed by atoms with van der Waals surface area (Å²) in [6, 6.07) is 7.25. The van der Waals surface area contributed by atoms with Gasteiger partial charge in [0.05, 0.1) is 6.54 Å². The van der Waals surface area contributed by atoms with Gasteiger partial charge in [0, 0.05) is 5.56 Å². The fourth-order valence-corrected chi connectivity index (χ4v) is 1.56. The van der Waals surface area contributed by atoms with Crippen molar-refractivity contribution in [3.8, 4) is 0 Å². The van der Waals surface area contributed by atoms with Crippen LogP contribution >= 0.6 is 0 Å². The highest BCUT2D eigenvalue weighted by molar-refractivity contribution is 5.94. The van der Waals surface area contributed by atoms with Gasteiger partial charge in [-0.15, -0.1) is 0 Å². The Morgan fingerprint density at radius 2 is 1.84 bits per heavy atom. The fourth-order valence-electron chi connectivity index (χ4n) is 1.56. The van der Waals surface area contributed by atoms with E-state index in [0.717, 1.165) is 5.56 Å². The molecule has 0 aliphatic heterocycles. The summed E-state index contributed by atoms with van der Waals surface area (Å²) in [5.74, 6) is -0.121. The minimum absolute atomic E-state index is 0.0748. The number of primary amides is 1. The molecule has 0 bridgehead atoms. The third kappa shape index (κ3) is 4.99. The maximum atomic E-state index is 11.9. The second kappa shape index (κ2) is 6.78. The van der Waals surface area contributed by atoms with Crippen LogP contribution in [0.25, 0.3) is 0 Å². The molecule has 0 spiro atoms. The number of nitrogens with one attached hydrogen (secondary N) is 1. The van der Waals surface area contributed by atoms with Crippen LogP contribution < -0.4 is 11.1 Å². The zero-order chi connectivity index (χ0) is 14.4. The predicted octanol–water partition coefficient (Wildman–Crippen LogP) is 1.84. The van der Waals surface area contributed by atoms with Gasteiger partial charge < -0.3 is 15.8 Å². The highest BCUT2D eigenvalue weighted by Gasteiger charge is 2.18. The summed E-state index contributed by atoms with van der Waals surface area (Å²) in [7, 11) is 0. The van der Waals surface area contributed by atoms with Crippen molar-refractivity contribution in [1.29, 1.82) is 0 Å². The summed E-state index contributed by atoms with van der Waals surface area (Å²) in [6.07, 6.45) is -1.25. The minimum atomic E-state index is -0.830. The number of amides is 2. The van der Waals surface area contributed by atoms with E-state index >= 15 is 0 Å². The van der Waals surface area contributed by atoms with Crippen molar-refractivity contribution in [3.63, 3.8) is 0 Å². The van der Waals surface area contributed by atoms with E-state index in [1.807, 2.05) is 32.9 Å². The van der Waals surface area contributed by atoms with Gasteiger partial charge in [-0.05, 0) is 25.0 Å². The van der Waals surface area contributed by atoms with Crippen molar-refractivity contribution in [2.75, 3.05) is 6.54 Å². The summed E-state index contributed by atoms with van der Waals surface area (Å²) in [4.78, 5) is 22.6. The van der Waals surface area contributed by atoms with Gasteiger partial charge in [0.1, 0.15) is 6.10 Å². The average molecular weight is 264 g/mol. The lowest BCUT2D eigenvalue weighted by Crippen LogP contribution is -2.38. The summed E-state index contributed by atoms with van der Waals surface area (Å²) in [5, 5.41) is 2.73. The number of benzene rings is 1. The number of nitrogens with two attached hydrogens (primary N) is 1. The second-order valence-corrected chi connectivity index (χ2v) is 4.80. The van der Waals surface area contributed by atoms with E-state index in [0.29, 0.717) is 5.56 Å². The number of hydrogen-bond acceptors (Lipinski definition) is 3. The summed E-state index contributed by atoms with van der Waals surface area (Å²) >= 11 is 0. The lowest BCUT2D eigenvalue weighted by molar-refractivity contribution is 0.0711. The van der Waals surface area contributed by atoms with Gasteiger partial charge in [0.2, 0.25) is 0 Å². The third-order valence-corrected chi connectivity index (χ3v) is 2.79. The van der Waals surface area contributed by atoms with Gasteiger partial charge >= 0.3 is 6.09 Å². The molecule has 0 saturated carbocycles. The Labute approximate surface area is 113 Å². The molecule has 0 radical (unpaired) electrons. The highest BCUT2D eigenvalue weighted by Crippen LogP contribution is 2.07. The van der Waals surface area contributed by atoms with Gasteiger partial charge in [-0.3, -0.25) is 4.79 Å². The molecule has 5 nitrogen and oxygen atoms in total. The Morgan fingerprint density at radius 3 is 2.32 bits per heavy atom. The molecule has 1 atom stereocenters. The molecule has 0 heterocycles. The van der Waals surface area contributed by atoms with E-state index in [9.17, 15) is 9.59 Å². The predicted molar refractivity (Wildman–Crippen MR) is 72.8 cm³/mol. The molecular formula is C14H20N2O3. The van der Waals surface area contributed by atoms with E-state index < -0.39 is 12.2 Å². The first-order chi connectivity index (χ1) is 8.90. The van der Waals surface area contributed by atoms with Crippen molar-refractivity contribution >= 4 is 12.0 Å². The third-order valence-electron chi connectivity index (χ3n) is 2.79. The van der Waals surface area contributed by atoms with Crippen LogP contribution in [0.2, 0.25) is 0 Å². The Morgan fingerprint density at radius 1 is 1.26 bits per heavy atom. The Kier molecular flexibility index (Phi) is 5.36. The maximum absolute atomic E-state index is 11.9. The zero-order valence-corrected chi connectivity index (χ0v) is 11.5. The minimum Gasteiger partial charge on any atom is -0.444 e. The Bertz CT molecular complexity index is 441. The summed E-state index contributed by atoms with van der Waals surface area (Å²) in [6.45, 7) is 5.99. The molecular weight excluding hydrogens is 244 g/mol. The number of aryl methyl sites for hydroxylation is 1. The van der Waals surface area contributed by atoms with Gasteiger partial charge in [-0.2, -0.15) is 0 Å². The molecule has 5 heteroatoms. The largest absolute Gasteiger partial charge is 0.444 e. The van der Waals surface area contributed by atoms with Crippen LogP contribution in [0.15, 0.2) is 24.3 Å². The van der Waals surface area contributed by atoms with Crippen molar-refractivity contribution in [2.45, 2.75) is 26.9 Å². The molecule has 1 aromatic rings. The van der Waals surface area contributed by atoms with E-state index in [-0.39, 0.29) is 18.4 Å². The van der Waals surface area contributed by atoms with Crippen LogP contribution in [0.1, 0.15) is 29.8 Å². The van der Waals surface area contributed by atoms with Crippen LogP contribution in [-0.4, -0.2) is 24.6 Å². The molecule has 1 rings (SSSR count). The van der Waals surface area contributed by atoms with Crippen LogP contribution in [0.5, 0.6) is 0 Å². The molecule has 19 heavy (non-hydrogen) atoms. The first kappa shape index (κ1) is 15.0. The lowest BCUT2D eigenvalue weighted by atomic mass is 10.1. The number of carbonyl (C=O) groups is 2. The fraction of sp³-hybridized carbons (Fsp3) is 0.429. The van der Waals surface area contributed by atoms with E-state index in [4.69, 9.17) is 10.5 Å². The smallest absolute Gasteiger partial charge is 0.404 e. The standard InChI is InChI=1S/C14H20N2O3/c1-9(2)12(19-14(15)18)8-16-13(17)11-6-4-10(3)5-7-11/h4-7,9,12H,8H2,1-3H3,(H2,15,18)(H,16,17)/t12-/m1/s1. The molecule has 0 aromatic heterocycles. The van der Waals surface area contributed by atoms with Crippen molar-refractivity contribution in [2.24, 2.45) is 11.7 Å². The van der Waals surface area contributed by atoms with Crippen molar-refractivity contribution in [3.05, 3.63) is 35.4 Å². The van der Waals surface area contributed by atoms with Crippen LogP contribution in [-0.2, 0) is 4.74 Å².